The van der Waals surface area contributed by atoms with Gasteiger partial charge in [-0.2, -0.15) is 0 Å². The standard InChI is InChI=1S/C5H6F3/c1-2-3-4(6)5(3,7)8/h3H,2H2,1H3. The minimum absolute atomic E-state index is 0.207. The molecule has 47 valence electrons. The maximum absolute atomic E-state index is 11.8. The fraction of sp³-hybridized carbons (Fsp3) is 0.800. The van der Waals surface area contributed by atoms with E-state index in [9.17, 15) is 13.2 Å². The molecule has 0 nitrogen and oxygen atoms in total. The van der Waals surface area contributed by atoms with Crippen molar-refractivity contribution in [3.63, 3.8) is 0 Å². The fourth-order valence-corrected chi connectivity index (χ4v) is 0.733. The van der Waals surface area contributed by atoms with Gasteiger partial charge in [-0.3, -0.25) is 0 Å². The normalized spacial score (nSPS) is 35.2. The lowest BCUT2D eigenvalue weighted by Crippen LogP contribution is -1.91. The SMILES string of the molecule is CCC1[C](F)C1(F)F. The monoisotopic (exact) mass is 123 g/mol. The molecule has 0 saturated heterocycles. The molecule has 1 rings (SSSR count). The lowest BCUT2D eigenvalue weighted by atomic mass is 10.3. The van der Waals surface area contributed by atoms with Gasteiger partial charge in [0.25, 0.3) is 5.92 Å². The highest BCUT2D eigenvalue weighted by Gasteiger charge is 2.70. The molecule has 8 heavy (non-hydrogen) atoms. The van der Waals surface area contributed by atoms with Gasteiger partial charge in [0.05, 0.1) is 5.92 Å². The minimum Gasteiger partial charge on any atom is -0.233 e. The molecule has 0 N–H and O–H groups in total. The zero-order valence-corrected chi connectivity index (χ0v) is 4.42. The molecule has 0 aromatic carbocycles. The van der Waals surface area contributed by atoms with Crippen molar-refractivity contribution in [3.8, 4) is 0 Å². The quantitative estimate of drug-likeness (QED) is 0.501. The third-order valence-electron chi connectivity index (χ3n) is 1.39. The highest BCUT2D eigenvalue weighted by atomic mass is 19.3. The van der Waals surface area contributed by atoms with E-state index in [1.54, 1.807) is 6.92 Å². The van der Waals surface area contributed by atoms with Crippen LogP contribution >= 0.6 is 0 Å². The lowest BCUT2D eigenvalue weighted by molar-refractivity contribution is 0.0927. The Hall–Kier alpha value is -0.210. The molecule has 1 unspecified atom stereocenters. The number of alkyl halides is 2. The second-order valence-electron chi connectivity index (χ2n) is 1.93. The largest absolute Gasteiger partial charge is 0.291 e. The zero-order chi connectivity index (χ0) is 6.36. The molecule has 0 aromatic rings. The van der Waals surface area contributed by atoms with Crippen LogP contribution in [0, 0.1) is 12.1 Å². The van der Waals surface area contributed by atoms with Crippen LogP contribution in [0.2, 0.25) is 0 Å². The molecule has 1 saturated carbocycles. The van der Waals surface area contributed by atoms with Gasteiger partial charge in [0.15, 0.2) is 0 Å². The van der Waals surface area contributed by atoms with E-state index in [2.05, 4.69) is 0 Å². The Morgan fingerprint density at radius 3 is 2.00 bits per heavy atom. The van der Waals surface area contributed by atoms with Crippen LogP contribution in [0.25, 0.3) is 0 Å². The van der Waals surface area contributed by atoms with Gasteiger partial charge in [-0.05, 0) is 6.42 Å². The predicted molar refractivity (Wildman–Crippen MR) is 23.1 cm³/mol. The summed E-state index contributed by atoms with van der Waals surface area (Å²) in [5.74, 6) is -4.14. The molecule has 1 atom stereocenters. The molecule has 1 radical (unpaired) electrons. The molecule has 0 spiro atoms. The van der Waals surface area contributed by atoms with Crippen LogP contribution in [-0.4, -0.2) is 5.92 Å². The van der Waals surface area contributed by atoms with Gasteiger partial charge < -0.3 is 0 Å². The third-order valence-corrected chi connectivity index (χ3v) is 1.39. The smallest absolute Gasteiger partial charge is 0.233 e. The van der Waals surface area contributed by atoms with E-state index >= 15 is 0 Å². The summed E-state index contributed by atoms with van der Waals surface area (Å²) in [4.78, 5) is 0. The van der Waals surface area contributed by atoms with Crippen LogP contribution in [-0.2, 0) is 0 Å². The number of hydrogen-bond donors (Lipinski definition) is 0. The second kappa shape index (κ2) is 1.39. The highest BCUT2D eigenvalue weighted by molar-refractivity contribution is 5.21. The van der Waals surface area contributed by atoms with Crippen molar-refractivity contribution in [1.29, 1.82) is 0 Å². The van der Waals surface area contributed by atoms with Crippen molar-refractivity contribution in [2.45, 2.75) is 19.3 Å². The van der Waals surface area contributed by atoms with Gasteiger partial charge in [-0.25, -0.2) is 13.2 Å². The van der Waals surface area contributed by atoms with Crippen LogP contribution in [0.1, 0.15) is 13.3 Å². The molecule has 0 aliphatic heterocycles. The summed E-state index contributed by atoms with van der Waals surface area (Å²) in [6.07, 6.45) is -0.932. The lowest BCUT2D eigenvalue weighted by Gasteiger charge is -1.84. The molecular formula is C5H6F3. The Morgan fingerprint density at radius 1 is 1.62 bits per heavy atom. The molecule has 3 heteroatoms. The van der Waals surface area contributed by atoms with Gasteiger partial charge in [-0.1, -0.05) is 6.92 Å². The Bertz CT molecular complexity index is 99.8. The number of halogens is 3. The van der Waals surface area contributed by atoms with Crippen molar-refractivity contribution < 1.29 is 13.2 Å². The van der Waals surface area contributed by atoms with Crippen molar-refractivity contribution >= 4 is 0 Å². The van der Waals surface area contributed by atoms with E-state index in [0.29, 0.717) is 0 Å². The number of hydrogen-bond acceptors (Lipinski definition) is 0. The maximum atomic E-state index is 11.8. The molecule has 0 amide bonds. The average Bonchev–Trinajstić information content (AvgIpc) is 2.09. The average molecular weight is 123 g/mol. The first-order valence-corrected chi connectivity index (χ1v) is 2.51. The van der Waals surface area contributed by atoms with Crippen LogP contribution in [0.4, 0.5) is 13.2 Å². The van der Waals surface area contributed by atoms with E-state index in [1.165, 1.54) is 0 Å². The van der Waals surface area contributed by atoms with E-state index in [0.717, 1.165) is 0 Å². The summed E-state index contributed by atoms with van der Waals surface area (Å²) in [5, 5.41) is 0. The van der Waals surface area contributed by atoms with E-state index < -0.39 is 18.0 Å². The second-order valence-corrected chi connectivity index (χ2v) is 1.93. The molecule has 0 bridgehead atoms. The van der Waals surface area contributed by atoms with Gasteiger partial charge >= 0.3 is 0 Å². The van der Waals surface area contributed by atoms with E-state index in [-0.39, 0.29) is 6.42 Å². The maximum Gasteiger partial charge on any atom is 0.291 e. The van der Waals surface area contributed by atoms with Gasteiger partial charge in [0.2, 0.25) is 6.17 Å². The van der Waals surface area contributed by atoms with Crippen LogP contribution < -0.4 is 0 Å². The number of rotatable bonds is 1. The summed E-state index contributed by atoms with van der Waals surface area (Å²) < 4.78 is 35.3. The van der Waals surface area contributed by atoms with Crippen molar-refractivity contribution in [2.24, 2.45) is 5.92 Å². The molecule has 0 heterocycles. The first-order valence-electron chi connectivity index (χ1n) is 2.51. The Morgan fingerprint density at radius 2 is 2.00 bits per heavy atom. The fourth-order valence-electron chi connectivity index (χ4n) is 0.733. The Balaban J connectivity index is 2.45. The van der Waals surface area contributed by atoms with E-state index in [4.69, 9.17) is 0 Å². The Kier molecular flexibility index (Phi) is 1.03. The summed E-state index contributed by atoms with van der Waals surface area (Å²) in [5.41, 5.74) is 0. The summed E-state index contributed by atoms with van der Waals surface area (Å²) in [6, 6.07) is 0. The van der Waals surface area contributed by atoms with Gasteiger partial charge in [0, 0.05) is 0 Å². The van der Waals surface area contributed by atoms with Crippen molar-refractivity contribution in [1.82, 2.24) is 0 Å². The molecule has 1 aliphatic carbocycles. The highest BCUT2D eigenvalue weighted by Crippen LogP contribution is 2.59. The molecular weight excluding hydrogens is 117 g/mol. The third kappa shape index (κ3) is 0.533. The van der Waals surface area contributed by atoms with Crippen molar-refractivity contribution in [3.05, 3.63) is 6.17 Å². The van der Waals surface area contributed by atoms with Crippen LogP contribution in [0.15, 0.2) is 0 Å². The van der Waals surface area contributed by atoms with Crippen molar-refractivity contribution in [2.75, 3.05) is 0 Å². The van der Waals surface area contributed by atoms with Gasteiger partial charge in [0.1, 0.15) is 0 Å². The summed E-state index contributed by atoms with van der Waals surface area (Å²) in [6.45, 7) is 1.55. The molecule has 0 aromatic heterocycles. The topological polar surface area (TPSA) is 0 Å². The van der Waals surface area contributed by atoms with Gasteiger partial charge in [-0.15, -0.1) is 0 Å². The zero-order valence-electron chi connectivity index (χ0n) is 4.42. The summed E-state index contributed by atoms with van der Waals surface area (Å²) in [7, 11) is 0. The van der Waals surface area contributed by atoms with Crippen LogP contribution in [0.3, 0.4) is 0 Å². The predicted octanol–water partition coefficient (Wildman–Crippen LogP) is 2.16. The first kappa shape index (κ1) is 5.92. The molecule has 1 aliphatic rings. The first-order chi connectivity index (χ1) is 3.60. The minimum atomic E-state index is -3.07. The van der Waals surface area contributed by atoms with Crippen LogP contribution in [0.5, 0.6) is 0 Å². The molecule has 1 fully saturated rings. The summed E-state index contributed by atoms with van der Waals surface area (Å²) >= 11 is 0. The Labute approximate surface area is 45.7 Å². The van der Waals surface area contributed by atoms with E-state index in [1.807, 2.05) is 0 Å².